The van der Waals surface area contributed by atoms with Crippen molar-refractivity contribution < 1.29 is 14.7 Å². The molecule has 1 saturated carbocycles. The highest BCUT2D eigenvalue weighted by Gasteiger charge is 2.23. The lowest BCUT2D eigenvalue weighted by Crippen LogP contribution is -2.12. The lowest BCUT2D eigenvalue weighted by atomic mass is 10.0. The predicted octanol–water partition coefficient (Wildman–Crippen LogP) is 6.50. The van der Waals surface area contributed by atoms with Crippen molar-refractivity contribution in [3.8, 4) is 22.8 Å². The molecule has 0 unspecified atom stereocenters. The first-order valence-electron chi connectivity index (χ1n) is 12.1. The van der Waals surface area contributed by atoms with Crippen molar-refractivity contribution in [3.05, 3.63) is 64.0 Å². The Balaban J connectivity index is 1.16. The summed E-state index contributed by atoms with van der Waals surface area (Å²) in [6.45, 7) is 3.44. The molecule has 0 amide bonds. The fraction of sp³-hybridized carbons (Fsp3) is 0.407. The van der Waals surface area contributed by atoms with Crippen LogP contribution in [0.15, 0.2) is 53.7 Å². The number of unbranched alkanes of at least 4 members (excludes halogenated alkanes) is 2. The molecule has 1 aromatic heterocycles. The van der Waals surface area contributed by atoms with Gasteiger partial charge in [0, 0.05) is 16.0 Å². The van der Waals surface area contributed by atoms with Crippen LogP contribution in [0.2, 0.25) is 0 Å². The monoisotopic (exact) mass is 479 g/mol. The summed E-state index contributed by atoms with van der Waals surface area (Å²) in [7, 11) is 0. The second kappa shape index (κ2) is 11.9. The molecule has 1 aliphatic rings. The second-order valence-electron chi connectivity index (χ2n) is 8.72. The van der Waals surface area contributed by atoms with Gasteiger partial charge in [-0.25, -0.2) is 4.98 Å². The van der Waals surface area contributed by atoms with Crippen LogP contribution in [-0.4, -0.2) is 29.2 Å². The van der Waals surface area contributed by atoms with E-state index in [1.54, 1.807) is 12.1 Å². The lowest BCUT2D eigenvalue weighted by molar-refractivity contribution is 0.279. The maximum atomic E-state index is 8.70. The fourth-order valence-electron chi connectivity index (χ4n) is 4.36. The molecular weight excluding hydrogens is 446 g/mol. The van der Waals surface area contributed by atoms with Crippen molar-refractivity contribution >= 4 is 17.2 Å². The van der Waals surface area contributed by atoms with E-state index in [0.717, 1.165) is 35.8 Å². The summed E-state index contributed by atoms with van der Waals surface area (Å²) in [5.41, 5.74) is 8.58. The molecule has 4 rings (SSSR count). The summed E-state index contributed by atoms with van der Waals surface area (Å²) in [6.07, 6.45) is 8.23. The normalized spacial score (nSPS) is 14.4. The number of oxime groups is 1. The molecule has 0 aliphatic heterocycles. The van der Waals surface area contributed by atoms with Gasteiger partial charge in [0.25, 0.3) is 0 Å². The van der Waals surface area contributed by atoms with Crippen molar-refractivity contribution in [2.75, 3.05) is 13.2 Å². The average Bonchev–Trinajstić information content (AvgIpc) is 3.53. The molecule has 6 nitrogen and oxygen atoms in total. The van der Waals surface area contributed by atoms with Gasteiger partial charge in [-0.15, -0.1) is 11.3 Å². The molecule has 0 bridgehead atoms. The molecule has 0 atom stereocenters. The van der Waals surface area contributed by atoms with Crippen molar-refractivity contribution in [1.82, 2.24) is 4.98 Å². The fourth-order valence-corrected chi connectivity index (χ4v) is 5.48. The SMILES string of the molecule is Cc1nc(-c2ccc(OCCCCCOc3ccc(/C(N)=N/O)cc3)cc2)c(C2CCCC2)s1. The van der Waals surface area contributed by atoms with Gasteiger partial charge in [-0.1, -0.05) is 18.0 Å². The number of hydrogen-bond acceptors (Lipinski definition) is 6. The molecule has 1 fully saturated rings. The molecule has 0 saturated heterocycles. The maximum absolute atomic E-state index is 8.70. The lowest BCUT2D eigenvalue weighted by Gasteiger charge is -2.10. The van der Waals surface area contributed by atoms with Crippen LogP contribution in [-0.2, 0) is 0 Å². The number of thiazole rings is 1. The van der Waals surface area contributed by atoms with E-state index in [9.17, 15) is 0 Å². The minimum absolute atomic E-state index is 0.0910. The number of ether oxygens (including phenoxy) is 2. The van der Waals surface area contributed by atoms with E-state index in [2.05, 4.69) is 36.3 Å². The van der Waals surface area contributed by atoms with Gasteiger partial charge in [-0.05, 0) is 93.5 Å². The smallest absolute Gasteiger partial charge is 0.170 e. The number of aryl methyl sites for hydroxylation is 1. The zero-order valence-corrected chi connectivity index (χ0v) is 20.5. The zero-order chi connectivity index (χ0) is 23.8. The van der Waals surface area contributed by atoms with Crippen LogP contribution in [0.5, 0.6) is 11.5 Å². The quantitative estimate of drug-likeness (QED) is 0.108. The van der Waals surface area contributed by atoms with E-state index in [-0.39, 0.29) is 5.84 Å². The van der Waals surface area contributed by atoms with E-state index >= 15 is 0 Å². The Labute approximate surface area is 205 Å². The van der Waals surface area contributed by atoms with E-state index < -0.39 is 0 Å². The third-order valence-electron chi connectivity index (χ3n) is 6.20. The minimum atomic E-state index is 0.0910. The van der Waals surface area contributed by atoms with Gasteiger partial charge < -0.3 is 20.4 Å². The van der Waals surface area contributed by atoms with E-state index in [1.165, 1.54) is 41.8 Å². The Bertz CT molecular complexity index is 1070. The van der Waals surface area contributed by atoms with Gasteiger partial charge in [0.05, 0.1) is 23.9 Å². The molecule has 0 spiro atoms. The largest absolute Gasteiger partial charge is 0.494 e. The van der Waals surface area contributed by atoms with Crippen LogP contribution in [0.25, 0.3) is 11.3 Å². The standard InChI is InChI=1S/C27H33N3O3S/c1-19-29-25(26(34-19)21-7-3-4-8-21)20-9-13-23(14-10-20)32-17-5-2-6-18-33-24-15-11-22(12-16-24)27(28)30-31/h9-16,21,31H,2-8,17-18H2,1H3,(H2,28,30). The van der Waals surface area contributed by atoms with E-state index in [4.69, 9.17) is 25.4 Å². The highest BCUT2D eigenvalue weighted by atomic mass is 32.1. The Kier molecular flexibility index (Phi) is 8.41. The number of hydrogen-bond donors (Lipinski definition) is 2. The third kappa shape index (κ3) is 6.29. The van der Waals surface area contributed by atoms with Gasteiger partial charge in [-0.2, -0.15) is 0 Å². The van der Waals surface area contributed by atoms with Crippen molar-refractivity contribution in [2.24, 2.45) is 10.9 Å². The van der Waals surface area contributed by atoms with Gasteiger partial charge >= 0.3 is 0 Å². The number of aromatic nitrogens is 1. The molecule has 34 heavy (non-hydrogen) atoms. The predicted molar refractivity (Wildman–Crippen MR) is 137 cm³/mol. The van der Waals surface area contributed by atoms with Crippen LogP contribution < -0.4 is 15.2 Å². The Morgan fingerprint density at radius 2 is 1.56 bits per heavy atom. The molecule has 3 aromatic rings. The minimum Gasteiger partial charge on any atom is -0.494 e. The molecular formula is C27H33N3O3S. The molecule has 0 radical (unpaired) electrons. The summed E-state index contributed by atoms with van der Waals surface area (Å²) >= 11 is 1.86. The van der Waals surface area contributed by atoms with Crippen LogP contribution in [0.3, 0.4) is 0 Å². The summed E-state index contributed by atoms with van der Waals surface area (Å²) in [4.78, 5) is 6.30. The van der Waals surface area contributed by atoms with Gasteiger partial charge in [0.1, 0.15) is 11.5 Å². The van der Waals surface area contributed by atoms with E-state index in [1.807, 2.05) is 23.5 Å². The number of rotatable bonds is 11. The number of nitrogens with two attached hydrogens (primary N) is 1. The van der Waals surface area contributed by atoms with Gasteiger partial charge in [0.15, 0.2) is 5.84 Å². The molecule has 2 aromatic carbocycles. The Morgan fingerprint density at radius 1 is 0.971 bits per heavy atom. The highest BCUT2D eigenvalue weighted by molar-refractivity contribution is 7.12. The molecule has 1 aliphatic carbocycles. The summed E-state index contributed by atoms with van der Waals surface area (Å²) < 4.78 is 11.7. The van der Waals surface area contributed by atoms with Crippen molar-refractivity contribution in [2.45, 2.75) is 57.8 Å². The third-order valence-corrected chi connectivity index (χ3v) is 7.33. The topological polar surface area (TPSA) is 90.0 Å². The zero-order valence-electron chi connectivity index (χ0n) is 19.7. The molecule has 7 heteroatoms. The molecule has 180 valence electrons. The van der Waals surface area contributed by atoms with Gasteiger partial charge in [-0.3, -0.25) is 0 Å². The van der Waals surface area contributed by atoms with Crippen LogP contribution >= 0.6 is 11.3 Å². The first kappa shape index (κ1) is 24.1. The van der Waals surface area contributed by atoms with Crippen molar-refractivity contribution in [3.63, 3.8) is 0 Å². The number of amidine groups is 1. The Hall–Kier alpha value is -3.06. The second-order valence-corrected chi connectivity index (χ2v) is 9.95. The highest BCUT2D eigenvalue weighted by Crippen LogP contribution is 2.42. The summed E-state index contributed by atoms with van der Waals surface area (Å²) in [5, 5.41) is 12.8. The summed E-state index contributed by atoms with van der Waals surface area (Å²) in [6, 6.07) is 15.6. The van der Waals surface area contributed by atoms with E-state index in [0.29, 0.717) is 24.7 Å². The number of nitrogens with zero attached hydrogens (tertiary/aromatic N) is 2. The molecule has 1 heterocycles. The summed E-state index contributed by atoms with van der Waals surface area (Å²) in [5.74, 6) is 2.45. The Morgan fingerprint density at radius 3 is 2.15 bits per heavy atom. The first-order valence-corrected chi connectivity index (χ1v) is 12.9. The van der Waals surface area contributed by atoms with Crippen molar-refractivity contribution in [1.29, 1.82) is 0 Å². The molecule has 3 N–H and O–H groups in total. The van der Waals surface area contributed by atoms with Crippen LogP contribution in [0.1, 0.15) is 66.3 Å². The average molecular weight is 480 g/mol. The first-order chi connectivity index (χ1) is 16.6. The maximum Gasteiger partial charge on any atom is 0.170 e. The van der Waals surface area contributed by atoms with Crippen LogP contribution in [0, 0.1) is 6.92 Å². The number of benzene rings is 2. The van der Waals surface area contributed by atoms with Gasteiger partial charge in [0.2, 0.25) is 0 Å². The van der Waals surface area contributed by atoms with Crippen LogP contribution in [0.4, 0.5) is 0 Å².